The highest BCUT2D eigenvalue weighted by Crippen LogP contribution is 2.16. The Kier molecular flexibility index (Phi) is 5.00. The number of imide groups is 1. The number of ether oxygens (including phenoxy) is 2. The van der Waals surface area contributed by atoms with Gasteiger partial charge in [0.2, 0.25) is 0 Å². The van der Waals surface area contributed by atoms with Gasteiger partial charge in [-0.2, -0.15) is 0 Å². The molecule has 17 heavy (non-hydrogen) atoms. The Hall–Kier alpha value is -2.04. The largest absolute Gasteiger partial charge is 0.496 e. The van der Waals surface area contributed by atoms with Crippen molar-refractivity contribution in [3.8, 4) is 5.75 Å². The Morgan fingerprint density at radius 2 is 2.00 bits per heavy atom. The van der Waals surface area contributed by atoms with Crippen LogP contribution in [0.2, 0.25) is 0 Å². The van der Waals surface area contributed by atoms with Gasteiger partial charge in [0.1, 0.15) is 5.75 Å². The van der Waals surface area contributed by atoms with Crippen LogP contribution in [-0.4, -0.2) is 25.7 Å². The number of alkyl carbamates (subject to hydrolysis) is 1. The van der Waals surface area contributed by atoms with Gasteiger partial charge in [-0.05, 0) is 18.6 Å². The lowest BCUT2D eigenvalue weighted by atomic mass is 10.2. The summed E-state index contributed by atoms with van der Waals surface area (Å²) < 4.78 is 9.76. The highest BCUT2D eigenvalue weighted by atomic mass is 16.5. The number of amides is 2. The van der Waals surface area contributed by atoms with E-state index in [4.69, 9.17) is 9.47 Å². The minimum atomic E-state index is -0.747. The van der Waals surface area contributed by atoms with Gasteiger partial charge >= 0.3 is 6.09 Å². The third-order valence-corrected chi connectivity index (χ3v) is 2.00. The quantitative estimate of drug-likeness (QED) is 0.869. The van der Waals surface area contributed by atoms with E-state index in [1.165, 1.54) is 7.11 Å². The minimum absolute atomic E-state index is 0.283. The molecule has 0 spiro atoms. The van der Waals surface area contributed by atoms with E-state index in [2.05, 4.69) is 5.32 Å². The molecule has 0 heterocycles. The first-order chi connectivity index (χ1) is 8.19. The zero-order valence-corrected chi connectivity index (χ0v) is 9.86. The summed E-state index contributed by atoms with van der Waals surface area (Å²) in [6, 6.07) is 6.65. The molecule has 0 aliphatic rings. The maximum atomic E-state index is 11.7. The topological polar surface area (TPSA) is 64.6 Å². The van der Waals surface area contributed by atoms with Crippen LogP contribution in [0.25, 0.3) is 0 Å². The lowest BCUT2D eigenvalue weighted by Crippen LogP contribution is -2.31. The summed E-state index contributed by atoms with van der Waals surface area (Å²) in [5, 5.41) is 2.13. The zero-order valence-electron chi connectivity index (χ0n) is 9.86. The second-order valence-electron chi connectivity index (χ2n) is 3.29. The van der Waals surface area contributed by atoms with Crippen LogP contribution < -0.4 is 10.1 Å². The van der Waals surface area contributed by atoms with Crippen LogP contribution >= 0.6 is 0 Å². The van der Waals surface area contributed by atoms with Crippen LogP contribution in [0.15, 0.2) is 24.3 Å². The number of benzene rings is 1. The lowest BCUT2D eigenvalue weighted by molar-refractivity contribution is 0.0917. The first kappa shape index (κ1) is 13.0. The Morgan fingerprint density at radius 1 is 1.29 bits per heavy atom. The average Bonchev–Trinajstić information content (AvgIpc) is 2.36. The monoisotopic (exact) mass is 237 g/mol. The van der Waals surface area contributed by atoms with Gasteiger partial charge in [-0.3, -0.25) is 10.1 Å². The van der Waals surface area contributed by atoms with Crippen molar-refractivity contribution in [3.05, 3.63) is 29.8 Å². The van der Waals surface area contributed by atoms with Crippen LogP contribution in [0.5, 0.6) is 5.75 Å². The van der Waals surface area contributed by atoms with Gasteiger partial charge in [-0.1, -0.05) is 19.1 Å². The van der Waals surface area contributed by atoms with E-state index < -0.39 is 12.0 Å². The van der Waals surface area contributed by atoms with E-state index in [9.17, 15) is 9.59 Å². The molecule has 1 N–H and O–H groups in total. The third-order valence-electron chi connectivity index (χ3n) is 2.00. The molecule has 2 amide bonds. The van der Waals surface area contributed by atoms with Crippen LogP contribution in [0.4, 0.5) is 4.79 Å². The molecule has 0 saturated carbocycles. The maximum Gasteiger partial charge on any atom is 0.414 e. The molecule has 1 aromatic rings. The summed E-state index contributed by atoms with van der Waals surface area (Å²) in [5.74, 6) is -0.128. The van der Waals surface area contributed by atoms with E-state index in [0.29, 0.717) is 17.7 Å². The molecule has 0 atom stereocenters. The average molecular weight is 237 g/mol. The second-order valence-corrected chi connectivity index (χ2v) is 3.29. The predicted molar refractivity (Wildman–Crippen MR) is 62.1 cm³/mol. The fourth-order valence-corrected chi connectivity index (χ4v) is 1.22. The first-order valence-corrected chi connectivity index (χ1v) is 5.30. The molecule has 0 bridgehead atoms. The summed E-state index contributed by atoms with van der Waals surface area (Å²) in [4.78, 5) is 22.9. The molecular formula is C12H15NO4. The highest BCUT2D eigenvalue weighted by molar-refractivity contribution is 6.04. The number of para-hydroxylation sites is 1. The first-order valence-electron chi connectivity index (χ1n) is 5.30. The van der Waals surface area contributed by atoms with Gasteiger partial charge < -0.3 is 9.47 Å². The van der Waals surface area contributed by atoms with E-state index in [0.717, 1.165) is 0 Å². The summed E-state index contributed by atoms with van der Waals surface area (Å²) in [7, 11) is 1.46. The molecule has 1 rings (SSSR count). The molecule has 0 fully saturated rings. The van der Waals surface area contributed by atoms with Gasteiger partial charge in [0.25, 0.3) is 5.91 Å². The van der Waals surface area contributed by atoms with Gasteiger partial charge in [-0.15, -0.1) is 0 Å². The summed E-state index contributed by atoms with van der Waals surface area (Å²) in [6.07, 6.45) is -0.0428. The molecule has 92 valence electrons. The SMILES string of the molecule is CCCOC(=O)NC(=O)c1ccccc1OC. The van der Waals surface area contributed by atoms with Gasteiger partial charge in [0.15, 0.2) is 0 Å². The van der Waals surface area contributed by atoms with E-state index >= 15 is 0 Å². The van der Waals surface area contributed by atoms with E-state index in [1.807, 2.05) is 6.92 Å². The van der Waals surface area contributed by atoms with Crippen molar-refractivity contribution in [2.24, 2.45) is 0 Å². The zero-order chi connectivity index (χ0) is 12.7. The van der Waals surface area contributed by atoms with Crippen LogP contribution in [-0.2, 0) is 4.74 Å². The Morgan fingerprint density at radius 3 is 2.65 bits per heavy atom. The van der Waals surface area contributed by atoms with Crippen molar-refractivity contribution >= 4 is 12.0 Å². The fourth-order valence-electron chi connectivity index (χ4n) is 1.22. The normalized spacial score (nSPS) is 9.53. The van der Waals surface area contributed by atoms with Crippen molar-refractivity contribution in [2.75, 3.05) is 13.7 Å². The Labute approximate surface area is 99.7 Å². The van der Waals surface area contributed by atoms with Crippen molar-refractivity contribution in [1.29, 1.82) is 0 Å². The summed E-state index contributed by atoms with van der Waals surface area (Å²) >= 11 is 0. The smallest absolute Gasteiger partial charge is 0.414 e. The molecule has 0 radical (unpaired) electrons. The van der Waals surface area contributed by atoms with Crippen LogP contribution in [0.3, 0.4) is 0 Å². The number of nitrogens with one attached hydrogen (secondary N) is 1. The predicted octanol–water partition coefficient (Wildman–Crippen LogP) is 1.97. The second kappa shape index (κ2) is 6.52. The molecule has 0 saturated heterocycles. The Bertz CT molecular complexity index is 403. The number of methoxy groups -OCH3 is 1. The molecule has 0 aliphatic carbocycles. The lowest BCUT2D eigenvalue weighted by Gasteiger charge is -2.08. The maximum absolute atomic E-state index is 11.7. The number of rotatable bonds is 4. The molecule has 5 heteroatoms. The molecule has 5 nitrogen and oxygen atoms in total. The van der Waals surface area contributed by atoms with Gasteiger partial charge in [0, 0.05) is 0 Å². The van der Waals surface area contributed by atoms with Gasteiger partial charge in [-0.25, -0.2) is 4.79 Å². The number of carbonyl (C=O) groups is 2. The number of hydrogen-bond donors (Lipinski definition) is 1. The minimum Gasteiger partial charge on any atom is -0.496 e. The Balaban J connectivity index is 2.66. The number of hydrogen-bond acceptors (Lipinski definition) is 4. The van der Waals surface area contributed by atoms with E-state index in [-0.39, 0.29) is 6.61 Å². The standard InChI is InChI=1S/C12H15NO4/c1-3-8-17-12(15)13-11(14)9-6-4-5-7-10(9)16-2/h4-7H,3,8H2,1-2H3,(H,13,14,15). The molecule has 1 aromatic carbocycles. The van der Waals surface area contributed by atoms with Crippen molar-refractivity contribution in [2.45, 2.75) is 13.3 Å². The number of carbonyl (C=O) groups excluding carboxylic acids is 2. The summed E-state index contributed by atoms with van der Waals surface area (Å²) in [5.41, 5.74) is 0.295. The van der Waals surface area contributed by atoms with Crippen LogP contribution in [0.1, 0.15) is 23.7 Å². The van der Waals surface area contributed by atoms with E-state index in [1.54, 1.807) is 24.3 Å². The molecule has 0 aliphatic heterocycles. The van der Waals surface area contributed by atoms with Crippen molar-refractivity contribution < 1.29 is 19.1 Å². The van der Waals surface area contributed by atoms with Gasteiger partial charge in [0.05, 0.1) is 19.3 Å². The van der Waals surface area contributed by atoms with Crippen LogP contribution in [0, 0.1) is 0 Å². The summed E-state index contributed by atoms with van der Waals surface area (Å²) in [6.45, 7) is 2.15. The fraction of sp³-hybridized carbons (Fsp3) is 0.333. The molecule has 0 unspecified atom stereocenters. The molecule has 0 aromatic heterocycles. The molecular weight excluding hydrogens is 222 g/mol. The van der Waals surface area contributed by atoms with Crippen molar-refractivity contribution in [3.63, 3.8) is 0 Å². The third kappa shape index (κ3) is 3.79. The van der Waals surface area contributed by atoms with Crippen molar-refractivity contribution in [1.82, 2.24) is 5.32 Å². The highest BCUT2D eigenvalue weighted by Gasteiger charge is 2.14.